The first-order chi connectivity index (χ1) is 18.7. The number of anilines is 2. The van der Waals surface area contributed by atoms with Crippen molar-refractivity contribution in [2.75, 3.05) is 17.7 Å². The lowest BCUT2D eigenvalue weighted by Gasteiger charge is -2.34. The van der Waals surface area contributed by atoms with Crippen molar-refractivity contribution in [2.24, 2.45) is 11.8 Å². The lowest BCUT2D eigenvalue weighted by molar-refractivity contribution is -0.138. The standard InChI is InChI=1S/C31H38N4O4/c1-5-38-31(37)26(29(33)35(19(2)3)30(36)22-8-6-20(4)7-9-22)18-34-25-13-10-21(11-14-25)28-17-23-16-24(32)12-15-27(23)39-28/h10-20,22,33-34H,5-9,32H2,1-4H3/b26-18+,33-29?. The predicted octanol–water partition coefficient (Wildman–Crippen LogP) is 6.58. The van der Waals surface area contributed by atoms with Gasteiger partial charge in [0.05, 0.1) is 6.61 Å². The second-order valence-corrected chi connectivity index (χ2v) is 10.5. The minimum Gasteiger partial charge on any atom is -0.462 e. The third kappa shape index (κ3) is 6.50. The summed E-state index contributed by atoms with van der Waals surface area (Å²) in [7, 11) is 0. The molecular weight excluding hydrogens is 492 g/mol. The van der Waals surface area contributed by atoms with Gasteiger partial charge in [-0.3, -0.25) is 15.1 Å². The van der Waals surface area contributed by atoms with Crippen molar-refractivity contribution in [1.29, 1.82) is 5.41 Å². The van der Waals surface area contributed by atoms with Crippen LogP contribution < -0.4 is 11.1 Å². The van der Waals surface area contributed by atoms with Gasteiger partial charge in [-0.25, -0.2) is 4.79 Å². The summed E-state index contributed by atoms with van der Waals surface area (Å²) >= 11 is 0. The molecule has 39 heavy (non-hydrogen) atoms. The fourth-order valence-electron chi connectivity index (χ4n) is 4.98. The molecule has 206 valence electrons. The van der Waals surface area contributed by atoms with Gasteiger partial charge in [-0.15, -0.1) is 0 Å². The van der Waals surface area contributed by atoms with Crippen molar-refractivity contribution >= 4 is 40.1 Å². The molecule has 0 aliphatic heterocycles. The van der Waals surface area contributed by atoms with Crippen LogP contribution in [-0.4, -0.2) is 35.3 Å². The number of carbonyl (C=O) groups is 2. The number of nitrogens with zero attached hydrogens (tertiary/aromatic N) is 1. The van der Waals surface area contributed by atoms with Gasteiger partial charge in [0.1, 0.15) is 22.8 Å². The fraction of sp³-hybridized carbons (Fsp3) is 0.387. The molecule has 2 aromatic carbocycles. The number of furan rings is 1. The number of hydrogen-bond acceptors (Lipinski definition) is 7. The van der Waals surface area contributed by atoms with Crippen LogP contribution in [0.4, 0.5) is 11.4 Å². The average molecular weight is 531 g/mol. The molecule has 0 atom stereocenters. The number of ether oxygens (including phenoxy) is 1. The second-order valence-electron chi connectivity index (χ2n) is 10.5. The van der Waals surface area contributed by atoms with Crippen LogP contribution in [0.5, 0.6) is 0 Å². The molecule has 0 saturated heterocycles. The number of nitrogen functional groups attached to an aromatic ring is 1. The highest BCUT2D eigenvalue weighted by atomic mass is 16.5. The van der Waals surface area contributed by atoms with E-state index < -0.39 is 5.97 Å². The van der Waals surface area contributed by atoms with Gasteiger partial charge in [0, 0.05) is 40.5 Å². The van der Waals surface area contributed by atoms with Gasteiger partial charge < -0.3 is 20.2 Å². The first kappa shape index (κ1) is 28.0. The van der Waals surface area contributed by atoms with Crippen LogP contribution in [0.25, 0.3) is 22.3 Å². The lowest BCUT2D eigenvalue weighted by Crippen LogP contribution is -2.47. The summed E-state index contributed by atoms with van der Waals surface area (Å²) in [5.41, 5.74) is 8.91. The molecule has 1 saturated carbocycles. The van der Waals surface area contributed by atoms with Crippen molar-refractivity contribution in [3.63, 3.8) is 0 Å². The summed E-state index contributed by atoms with van der Waals surface area (Å²) in [6.07, 6.45) is 5.05. The van der Waals surface area contributed by atoms with Gasteiger partial charge in [-0.1, -0.05) is 6.92 Å². The molecule has 3 aromatic rings. The highest BCUT2D eigenvalue weighted by Crippen LogP contribution is 2.31. The molecule has 1 aliphatic carbocycles. The number of benzene rings is 2. The third-order valence-corrected chi connectivity index (χ3v) is 7.20. The molecule has 4 rings (SSSR count). The minimum atomic E-state index is -0.649. The van der Waals surface area contributed by atoms with Gasteiger partial charge in [-0.2, -0.15) is 0 Å². The van der Waals surface area contributed by atoms with Crippen molar-refractivity contribution in [1.82, 2.24) is 4.90 Å². The van der Waals surface area contributed by atoms with E-state index in [4.69, 9.17) is 20.3 Å². The zero-order chi connectivity index (χ0) is 28.1. The van der Waals surface area contributed by atoms with E-state index in [0.29, 0.717) is 17.3 Å². The Morgan fingerprint density at radius 2 is 1.82 bits per heavy atom. The summed E-state index contributed by atoms with van der Waals surface area (Å²) in [5, 5.41) is 12.9. The number of rotatable bonds is 8. The van der Waals surface area contributed by atoms with Crippen LogP contribution in [-0.2, 0) is 14.3 Å². The maximum atomic E-state index is 13.5. The minimum absolute atomic E-state index is 0.00188. The van der Waals surface area contributed by atoms with Gasteiger partial charge in [0.15, 0.2) is 0 Å². The monoisotopic (exact) mass is 530 g/mol. The quantitative estimate of drug-likeness (QED) is 0.0994. The van der Waals surface area contributed by atoms with E-state index in [1.54, 1.807) is 13.0 Å². The number of fused-ring (bicyclic) bond motifs is 1. The van der Waals surface area contributed by atoms with Crippen molar-refractivity contribution in [3.05, 3.63) is 60.3 Å². The molecule has 0 radical (unpaired) electrons. The zero-order valence-electron chi connectivity index (χ0n) is 23.1. The number of esters is 1. The first-order valence-electron chi connectivity index (χ1n) is 13.6. The number of hydrogen-bond donors (Lipinski definition) is 3. The molecule has 1 fully saturated rings. The smallest absolute Gasteiger partial charge is 0.343 e. The van der Waals surface area contributed by atoms with E-state index in [9.17, 15) is 9.59 Å². The Bertz CT molecular complexity index is 1360. The lowest BCUT2D eigenvalue weighted by atomic mass is 9.82. The molecule has 0 unspecified atom stereocenters. The van der Waals surface area contributed by atoms with Crippen LogP contribution in [0.15, 0.2) is 64.7 Å². The number of nitrogens with one attached hydrogen (secondary N) is 2. The number of amidine groups is 1. The topological polar surface area (TPSA) is 122 Å². The van der Waals surface area contributed by atoms with E-state index in [-0.39, 0.29) is 35.9 Å². The van der Waals surface area contributed by atoms with Crippen LogP contribution in [0, 0.1) is 17.2 Å². The Labute approximate surface area is 229 Å². The Balaban J connectivity index is 1.54. The Kier molecular flexibility index (Phi) is 8.74. The van der Waals surface area contributed by atoms with E-state index >= 15 is 0 Å². The predicted molar refractivity (Wildman–Crippen MR) is 155 cm³/mol. The van der Waals surface area contributed by atoms with E-state index in [0.717, 1.165) is 48.0 Å². The molecule has 0 spiro atoms. The molecule has 0 bridgehead atoms. The van der Waals surface area contributed by atoms with Crippen LogP contribution in [0.2, 0.25) is 0 Å². The van der Waals surface area contributed by atoms with Crippen LogP contribution >= 0.6 is 0 Å². The SMILES string of the molecule is CCOC(=O)/C(=C/Nc1ccc(-c2cc3cc(N)ccc3o2)cc1)C(=N)N(C(=O)C1CCC(C)CC1)C(C)C. The normalized spacial score (nSPS) is 17.7. The van der Waals surface area contributed by atoms with Crippen LogP contribution in [0.3, 0.4) is 0 Å². The Morgan fingerprint density at radius 1 is 1.13 bits per heavy atom. The number of nitrogens with two attached hydrogens (primary N) is 1. The third-order valence-electron chi connectivity index (χ3n) is 7.20. The average Bonchev–Trinajstić information content (AvgIpc) is 3.33. The molecule has 1 aromatic heterocycles. The number of amides is 1. The van der Waals surface area contributed by atoms with Crippen LogP contribution in [0.1, 0.15) is 53.4 Å². The largest absolute Gasteiger partial charge is 0.462 e. The molecule has 1 heterocycles. The van der Waals surface area contributed by atoms with Gasteiger partial charge in [0.2, 0.25) is 5.91 Å². The Morgan fingerprint density at radius 3 is 2.46 bits per heavy atom. The molecule has 1 aliphatic rings. The fourth-order valence-corrected chi connectivity index (χ4v) is 4.98. The molecule has 8 heteroatoms. The molecular formula is C31H38N4O4. The Hall–Kier alpha value is -4.07. The van der Waals surface area contributed by atoms with E-state index in [1.807, 2.05) is 56.3 Å². The maximum Gasteiger partial charge on any atom is 0.343 e. The molecule has 1 amide bonds. The second kappa shape index (κ2) is 12.2. The van der Waals surface area contributed by atoms with Crippen molar-refractivity contribution in [3.8, 4) is 11.3 Å². The van der Waals surface area contributed by atoms with Gasteiger partial charge in [0.25, 0.3) is 0 Å². The van der Waals surface area contributed by atoms with E-state index in [1.165, 1.54) is 11.1 Å². The summed E-state index contributed by atoms with van der Waals surface area (Å²) < 4.78 is 11.2. The first-order valence-corrected chi connectivity index (χ1v) is 13.6. The summed E-state index contributed by atoms with van der Waals surface area (Å²) in [6.45, 7) is 7.80. The molecule has 4 N–H and O–H groups in total. The summed E-state index contributed by atoms with van der Waals surface area (Å²) in [5.74, 6) is 0.283. The summed E-state index contributed by atoms with van der Waals surface area (Å²) in [6, 6.07) is 14.7. The zero-order valence-corrected chi connectivity index (χ0v) is 23.1. The van der Waals surface area contributed by atoms with Gasteiger partial charge in [-0.05, 0) is 101 Å². The summed E-state index contributed by atoms with van der Waals surface area (Å²) in [4.78, 5) is 27.8. The van der Waals surface area contributed by atoms with Crippen molar-refractivity contribution in [2.45, 2.75) is 59.4 Å². The van der Waals surface area contributed by atoms with Gasteiger partial charge >= 0.3 is 5.97 Å². The van der Waals surface area contributed by atoms with E-state index in [2.05, 4.69) is 12.2 Å². The van der Waals surface area contributed by atoms with Crippen molar-refractivity contribution < 1.29 is 18.7 Å². The maximum absolute atomic E-state index is 13.5. The highest BCUT2D eigenvalue weighted by molar-refractivity contribution is 6.21. The number of carbonyl (C=O) groups excluding carboxylic acids is 2. The molecule has 8 nitrogen and oxygen atoms in total. The highest BCUT2D eigenvalue weighted by Gasteiger charge is 2.34.